The van der Waals surface area contributed by atoms with Gasteiger partial charge in [-0.05, 0) is 34.1 Å². The van der Waals surface area contributed by atoms with E-state index >= 15 is 0 Å². The lowest BCUT2D eigenvalue weighted by Gasteiger charge is -2.10. The van der Waals surface area contributed by atoms with Crippen LogP contribution in [0.4, 0.5) is 0 Å². The van der Waals surface area contributed by atoms with Crippen molar-refractivity contribution in [1.82, 2.24) is 14.9 Å². The highest BCUT2D eigenvalue weighted by molar-refractivity contribution is 5.61. The highest BCUT2D eigenvalue weighted by atomic mass is 15.1. The third kappa shape index (κ3) is 3.96. The van der Waals surface area contributed by atoms with Crippen molar-refractivity contribution in [2.24, 2.45) is 5.73 Å². The first-order valence-electron chi connectivity index (χ1n) is 6.94. The van der Waals surface area contributed by atoms with Gasteiger partial charge in [-0.2, -0.15) is 0 Å². The van der Waals surface area contributed by atoms with E-state index < -0.39 is 0 Å². The zero-order chi connectivity index (χ0) is 14.4. The van der Waals surface area contributed by atoms with Gasteiger partial charge in [0.25, 0.3) is 0 Å². The topological polar surface area (TPSA) is 55.9 Å². The van der Waals surface area contributed by atoms with Gasteiger partial charge < -0.3 is 15.6 Å². The predicted molar refractivity (Wildman–Crippen MR) is 82.6 cm³/mol. The molecule has 0 aromatic carbocycles. The van der Waals surface area contributed by atoms with Gasteiger partial charge in [0.2, 0.25) is 0 Å². The van der Waals surface area contributed by atoms with Crippen LogP contribution in [-0.2, 0) is 0 Å². The molecule has 4 heteroatoms. The molecule has 0 saturated carbocycles. The van der Waals surface area contributed by atoms with Gasteiger partial charge in [0.1, 0.15) is 0 Å². The molecule has 0 bridgehead atoms. The quantitative estimate of drug-likeness (QED) is 0.828. The van der Waals surface area contributed by atoms with Gasteiger partial charge in [0.15, 0.2) is 5.82 Å². The van der Waals surface area contributed by atoms with Crippen LogP contribution in [0.1, 0.15) is 44.4 Å². The molecule has 1 atom stereocenters. The fourth-order valence-corrected chi connectivity index (χ4v) is 1.86. The number of aromatic nitrogens is 2. The Labute approximate surface area is 116 Å². The van der Waals surface area contributed by atoms with Crippen LogP contribution >= 0.6 is 0 Å². The van der Waals surface area contributed by atoms with Gasteiger partial charge >= 0.3 is 0 Å². The van der Waals surface area contributed by atoms with Gasteiger partial charge in [0.05, 0.1) is 11.4 Å². The van der Waals surface area contributed by atoms with Crippen LogP contribution in [-0.4, -0.2) is 22.1 Å². The first-order valence-corrected chi connectivity index (χ1v) is 6.94. The molecule has 0 aliphatic carbocycles. The molecule has 0 saturated heterocycles. The maximum Gasteiger partial charge on any atom is 0.160 e. The number of rotatable bonds is 6. The zero-order valence-electron chi connectivity index (χ0n) is 12.7. The summed E-state index contributed by atoms with van der Waals surface area (Å²) in [5.41, 5.74) is 9.06. The lowest BCUT2D eigenvalue weighted by atomic mass is 10.3. The maximum absolute atomic E-state index is 5.79. The van der Waals surface area contributed by atoms with E-state index in [4.69, 9.17) is 5.73 Å². The lowest BCUT2D eigenvalue weighted by Crippen LogP contribution is -2.15. The summed E-state index contributed by atoms with van der Waals surface area (Å²) in [5.74, 6) is 0.954. The molecule has 19 heavy (non-hydrogen) atoms. The van der Waals surface area contributed by atoms with Crippen molar-refractivity contribution >= 4 is 11.9 Å². The number of aryl methyl sites for hydroxylation is 1. The maximum atomic E-state index is 5.79. The number of allylic oxidation sites excluding steroid dienone is 1. The third-order valence-electron chi connectivity index (χ3n) is 2.94. The van der Waals surface area contributed by atoms with Crippen LogP contribution in [0, 0.1) is 13.8 Å². The van der Waals surface area contributed by atoms with Crippen LogP contribution in [0.25, 0.3) is 11.9 Å². The second-order valence-corrected chi connectivity index (χ2v) is 4.73. The van der Waals surface area contributed by atoms with Gasteiger partial charge in [0, 0.05) is 24.5 Å². The Bertz CT molecular complexity index is 467. The zero-order valence-corrected chi connectivity index (χ0v) is 12.7. The average molecular weight is 262 g/mol. The second kappa shape index (κ2) is 7.14. The molecule has 0 radical (unpaired) electrons. The Morgan fingerprint density at radius 3 is 2.63 bits per heavy atom. The molecular weight excluding hydrogens is 236 g/mol. The number of imidazole rings is 1. The molecule has 1 aromatic heterocycles. The van der Waals surface area contributed by atoms with Crippen LogP contribution < -0.4 is 11.1 Å². The number of hydrogen-bond donors (Lipinski definition) is 2. The minimum Gasteiger partial charge on any atom is -0.383 e. The van der Waals surface area contributed by atoms with Crippen molar-refractivity contribution in [2.45, 2.75) is 47.1 Å². The number of hydrogen-bond acceptors (Lipinski definition) is 3. The van der Waals surface area contributed by atoms with Crippen molar-refractivity contribution in [3.05, 3.63) is 29.4 Å². The number of nitrogens with one attached hydrogen (secondary N) is 1. The molecule has 0 aliphatic heterocycles. The molecular formula is C15H26N4. The minimum absolute atomic E-state index is 0.0349. The van der Waals surface area contributed by atoms with Gasteiger partial charge in [-0.15, -0.1) is 0 Å². The third-order valence-corrected chi connectivity index (χ3v) is 2.94. The summed E-state index contributed by atoms with van der Waals surface area (Å²) in [6.07, 6.45) is 7.13. The minimum atomic E-state index is 0.0349. The van der Waals surface area contributed by atoms with Gasteiger partial charge in [-0.1, -0.05) is 19.1 Å². The molecule has 0 spiro atoms. The SMILES string of the molecule is CC/C=C(/NCC)c1nc(C)c(C)n1/C=C/C(C)N. The Morgan fingerprint density at radius 1 is 1.42 bits per heavy atom. The van der Waals surface area contributed by atoms with Crippen LogP contribution in [0.2, 0.25) is 0 Å². The van der Waals surface area contributed by atoms with Crippen LogP contribution in [0.5, 0.6) is 0 Å². The first-order chi connectivity index (χ1) is 9.01. The first kappa shape index (κ1) is 15.5. The predicted octanol–water partition coefficient (Wildman–Crippen LogP) is 2.68. The Morgan fingerprint density at radius 2 is 2.11 bits per heavy atom. The Balaban J connectivity index is 3.26. The van der Waals surface area contributed by atoms with Crippen molar-refractivity contribution < 1.29 is 0 Å². The summed E-state index contributed by atoms with van der Waals surface area (Å²) >= 11 is 0. The molecule has 1 aromatic rings. The summed E-state index contributed by atoms with van der Waals surface area (Å²) < 4.78 is 2.10. The monoisotopic (exact) mass is 262 g/mol. The fraction of sp³-hybridized carbons (Fsp3) is 0.533. The molecule has 1 heterocycles. The molecule has 0 aliphatic rings. The van der Waals surface area contributed by atoms with E-state index in [2.05, 4.69) is 41.7 Å². The molecule has 4 nitrogen and oxygen atoms in total. The molecule has 106 valence electrons. The molecule has 0 amide bonds. The summed E-state index contributed by atoms with van der Waals surface area (Å²) in [7, 11) is 0. The van der Waals surface area contributed by atoms with Crippen molar-refractivity contribution in [3.8, 4) is 0 Å². The van der Waals surface area contributed by atoms with E-state index in [-0.39, 0.29) is 6.04 Å². The molecule has 1 unspecified atom stereocenters. The summed E-state index contributed by atoms with van der Waals surface area (Å²) in [4.78, 5) is 4.67. The largest absolute Gasteiger partial charge is 0.383 e. The van der Waals surface area contributed by atoms with E-state index in [1.54, 1.807) is 0 Å². The molecule has 1 rings (SSSR count). The lowest BCUT2D eigenvalue weighted by molar-refractivity contribution is 0.890. The molecule has 3 N–H and O–H groups in total. The van der Waals surface area contributed by atoms with Crippen molar-refractivity contribution in [1.29, 1.82) is 0 Å². The summed E-state index contributed by atoms with van der Waals surface area (Å²) in [5, 5.41) is 3.38. The van der Waals surface area contributed by atoms with Gasteiger partial charge in [-0.25, -0.2) is 4.98 Å². The fourth-order valence-electron chi connectivity index (χ4n) is 1.86. The summed E-state index contributed by atoms with van der Waals surface area (Å²) in [6, 6.07) is 0.0349. The van der Waals surface area contributed by atoms with Crippen molar-refractivity contribution in [3.63, 3.8) is 0 Å². The van der Waals surface area contributed by atoms with Crippen LogP contribution in [0.3, 0.4) is 0 Å². The Kier molecular flexibility index (Phi) is 5.83. The molecule has 0 fully saturated rings. The number of nitrogens with zero attached hydrogens (tertiary/aromatic N) is 2. The van der Waals surface area contributed by atoms with Crippen molar-refractivity contribution in [2.75, 3.05) is 6.54 Å². The number of nitrogens with two attached hydrogens (primary N) is 1. The second-order valence-electron chi connectivity index (χ2n) is 4.73. The Hall–Kier alpha value is -1.55. The van der Waals surface area contributed by atoms with E-state index in [9.17, 15) is 0 Å². The van der Waals surface area contributed by atoms with Crippen LogP contribution in [0.15, 0.2) is 12.2 Å². The van der Waals surface area contributed by atoms with E-state index in [0.29, 0.717) is 0 Å². The van der Waals surface area contributed by atoms with E-state index in [0.717, 1.165) is 35.9 Å². The normalized spacial score (nSPS) is 14.1. The highest BCUT2D eigenvalue weighted by Crippen LogP contribution is 2.17. The van der Waals surface area contributed by atoms with Gasteiger partial charge in [-0.3, -0.25) is 0 Å². The highest BCUT2D eigenvalue weighted by Gasteiger charge is 2.12. The van der Waals surface area contributed by atoms with E-state index in [1.165, 1.54) is 0 Å². The average Bonchev–Trinajstić information content (AvgIpc) is 2.63. The standard InChI is InChI=1S/C15H26N4/c1-6-8-14(17-7-2)15-18-12(4)13(5)19(15)10-9-11(3)16/h8-11,17H,6-7,16H2,1-5H3/b10-9+,14-8+. The van der Waals surface area contributed by atoms with E-state index in [1.807, 2.05) is 26.1 Å². The smallest absolute Gasteiger partial charge is 0.160 e. The summed E-state index contributed by atoms with van der Waals surface area (Å²) in [6.45, 7) is 11.2.